The number of rotatable bonds is 4. The molecule has 1 aliphatic rings. The summed E-state index contributed by atoms with van der Waals surface area (Å²) in [4.78, 5) is 22.9. The van der Waals surface area contributed by atoms with Crippen molar-refractivity contribution in [2.24, 2.45) is 0 Å². The lowest BCUT2D eigenvalue weighted by Crippen LogP contribution is -2.42. The van der Waals surface area contributed by atoms with Gasteiger partial charge in [0.25, 0.3) is 0 Å². The summed E-state index contributed by atoms with van der Waals surface area (Å²) < 4.78 is 19.6. The molecular weight excluding hydrogens is 266 g/mol. The van der Waals surface area contributed by atoms with Gasteiger partial charge in [-0.25, -0.2) is 9.59 Å². The molecule has 7 heteroatoms. The fourth-order valence-corrected chi connectivity index (χ4v) is 1.84. The van der Waals surface area contributed by atoms with Gasteiger partial charge in [-0.05, 0) is 17.7 Å². The zero-order chi connectivity index (χ0) is 14.5. The quantitative estimate of drug-likeness (QED) is 0.824. The number of alkyl carbamates (subject to hydrolysis) is 1. The Morgan fingerprint density at radius 3 is 2.70 bits per heavy atom. The van der Waals surface area contributed by atoms with Gasteiger partial charge >= 0.3 is 12.1 Å². The first kappa shape index (κ1) is 14.0. The van der Waals surface area contributed by atoms with Crippen molar-refractivity contribution in [3.8, 4) is 11.5 Å². The smallest absolute Gasteiger partial charge is 0.407 e. The molecule has 7 nitrogen and oxygen atoms in total. The Morgan fingerprint density at radius 1 is 1.25 bits per heavy atom. The topological polar surface area (TPSA) is 83.1 Å². The first-order chi connectivity index (χ1) is 9.63. The second-order valence-corrected chi connectivity index (χ2v) is 4.10. The minimum absolute atomic E-state index is 0.180. The molecule has 1 amide bonds. The molecule has 0 fully saturated rings. The van der Waals surface area contributed by atoms with Crippen molar-refractivity contribution in [2.75, 3.05) is 21.0 Å². The van der Waals surface area contributed by atoms with Crippen molar-refractivity contribution in [3.63, 3.8) is 0 Å². The van der Waals surface area contributed by atoms with Gasteiger partial charge in [-0.1, -0.05) is 6.07 Å². The summed E-state index contributed by atoms with van der Waals surface area (Å²) in [6, 6.07) is 4.48. The van der Waals surface area contributed by atoms with Crippen LogP contribution in [0.4, 0.5) is 4.79 Å². The Morgan fingerprint density at radius 2 is 2.00 bits per heavy atom. The summed E-state index contributed by atoms with van der Waals surface area (Å²) in [6.07, 6.45) is -0.431. The fraction of sp³-hybridized carbons (Fsp3) is 0.385. The third-order valence-electron chi connectivity index (χ3n) is 2.84. The molecule has 0 aliphatic carbocycles. The van der Waals surface area contributed by atoms with Crippen LogP contribution in [0.2, 0.25) is 0 Å². The van der Waals surface area contributed by atoms with Crippen LogP contribution in [0.3, 0.4) is 0 Å². The van der Waals surface area contributed by atoms with Crippen molar-refractivity contribution in [1.82, 2.24) is 5.32 Å². The van der Waals surface area contributed by atoms with Crippen molar-refractivity contribution < 1.29 is 28.5 Å². The van der Waals surface area contributed by atoms with Gasteiger partial charge in [0.1, 0.15) is 6.04 Å². The third-order valence-corrected chi connectivity index (χ3v) is 2.84. The third kappa shape index (κ3) is 3.11. The van der Waals surface area contributed by atoms with Crippen LogP contribution >= 0.6 is 0 Å². The van der Waals surface area contributed by atoms with E-state index in [-0.39, 0.29) is 13.2 Å². The van der Waals surface area contributed by atoms with Crippen LogP contribution in [0.1, 0.15) is 5.56 Å². The maximum atomic E-state index is 11.7. The summed E-state index contributed by atoms with van der Waals surface area (Å²) in [5, 5.41) is 2.43. The molecule has 1 aromatic carbocycles. The molecule has 0 radical (unpaired) electrons. The molecule has 2 rings (SSSR count). The van der Waals surface area contributed by atoms with Crippen LogP contribution in [0, 0.1) is 0 Å². The highest BCUT2D eigenvalue weighted by atomic mass is 16.7. The highest BCUT2D eigenvalue weighted by Crippen LogP contribution is 2.32. The van der Waals surface area contributed by atoms with Crippen LogP contribution in [-0.4, -0.2) is 39.1 Å². The number of hydrogen-bond acceptors (Lipinski definition) is 6. The molecule has 1 heterocycles. The Balaban J connectivity index is 2.10. The second-order valence-electron chi connectivity index (χ2n) is 4.10. The largest absolute Gasteiger partial charge is 0.467 e. The molecule has 1 aromatic rings. The van der Waals surface area contributed by atoms with Crippen molar-refractivity contribution in [3.05, 3.63) is 23.8 Å². The van der Waals surface area contributed by atoms with Gasteiger partial charge in [-0.15, -0.1) is 0 Å². The lowest BCUT2D eigenvalue weighted by Gasteiger charge is -2.15. The zero-order valence-electron chi connectivity index (χ0n) is 11.2. The van der Waals surface area contributed by atoms with E-state index in [0.29, 0.717) is 11.5 Å². The van der Waals surface area contributed by atoms with Crippen LogP contribution < -0.4 is 14.8 Å². The molecule has 0 saturated heterocycles. The minimum atomic E-state index is -0.826. The first-order valence-corrected chi connectivity index (χ1v) is 5.95. The van der Waals surface area contributed by atoms with Gasteiger partial charge in [0.05, 0.1) is 14.2 Å². The molecule has 20 heavy (non-hydrogen) atoms. The number of ether oxygens (including phenoxy) is 4. The lowest BCUT2D eigenvalue weighted by atomic mass is 10.1. The number of carbonyl (C=O) groups is 2. The van der Waals surface area contributed by atoms with E-state index in [0.717, 1.165) is 5.56 Å². The highest BCUT2D eigenvalue weighted by Gasteiger charge is 2.23. The van der Waals surface area contributed by atoms with Gasteiger partial charge in [-0.3, -0.25) is 0 Å². The average molecular weight is 281 g/mol. The molecule has 1 aliphatic heterocycles. The average Bonchev–Trinajstić information content (AvgIpc) is 2.93. The lowest BCUT2D eigenvalue weighted by molar-refractivity contribution is -0.142. The Kier molecular flexibility index (Phi) is 4.29. The van der Waals surface area contributed by atoms with Crippen molar-refractivity contribution in [2.45, 2.75) is 12.5 Å². The number of benzene rings is 1. The van der Waals surface area contributed by atoms with Gasteiger partial charge in [0.2, 0.25) is 6.79 Å². The molecule has 0 spiro atoms. The summed E-state index contributed by atoms with van der Waals surface area (Å²) in [6.45, 7) is 0.180. The molecule has 0 saturated carbocycles. The molecule has 0 unspecified atom stereocenters. The Labute approximate surface area is 115 Å². The summed E-state index contributed by atoms with van der Waals surface area (Å²) in [5.41, 5.74) is 0.807. The second kappa shape index (κ2) is 6.14. The minimum Gasteiger partial charge on any atom is -0.467 e. The maximum absolute atomic E-state index is 11.7. The normalized spacial score (nSPS) is 13.5. The fourth-order valence-electron chi connectivity index (χ4n) is 1.84. The predicted octanol–water partition coefficient (Wildman–Crippen LogP) is 0.855. The van der Waals surface area contributed by atoms with Crippen LogP contribution in [0.5, 0.6) is 11.5 Å². The molecule has 1 N–H and O–H groups in total. The zero-order valence-corrected chi connectivity index (χ0v) is 11.2. The number of hydrogen-bond donors (Lipinski definition) is 1. The monoisotopic (exact) mass is 281 g/mol. The van der Waals surface area contributed by atoms with Gasteiger partial charge in [0, 0.05) is 6.42 Å². The van der Waals surface area contributed by atoms with Gasteiger partial charge in [0.15, 0.2) is 11.5 Å². The number of carbonyl (C=O) groups excluding carboxylic acids is 2. The van der Waals surface area contributed by atoms with Crippen LogP contribution in [0.15, 0.2) is 18.2 Å². The van der Waals surface area contributed by atoms with E-state index in [4.69, 9.17) is 9.47 Å². The number of nitrogens with one attached hydrogen (secondary N) is 1. The Hall–Kier alpha value is -2.44. The summed E-state index contributed by atoms with van der Waals surface area (Å²) >= 11 is 0. The van der Waals surface area contributed by atoms with Crippen LogP contribution in [-0.2, 0) is 20.7 Å². The van der Waals surface area contributed by atoms with E-state index in [1.54, 1.807) is 18.2 Å². The number of fused-ring (bicyclic) bond motifs is 1. The van der Waals surface area contributed by atoms with E-state index >= 15 is 0 Å². The highest BCUT2D eigenvalue weighted by molar-refractivity contribution is 5.81. The molecule has 1 atom stereocenters. The van der Waals surface area contributed by atoms with E-state index in [1.807, 2.05) is 0 Å². The van der Waals surface area contributed by atoms with Crippen LogP contribution in [0.25, 0.3) is 0 Å². The Bertz CT molecular complexity index is 516. The molecular formula is C13H15NO6. The first-order valence-electron chi connectivity index (χ1n) is 5.95. The van der Waals surface area contributed by atoms with E-state index in [1.165, 1.54) is 14.2 Å². The molecule has 0 bridgehead atoms. The maximum Gasteiger partial charge on any atom is 0.407 e. The van der Waals surface area contributed by atoms with E-state index in [9.17, 15) is 9.59 Å². The van der Waals surface area contributed by atoms with Crippen molar-refractivity contribution >= 4 is 12.1 Å². The number of methoxy groups -OCH3 is 2. The van der Waals surface area contributed by atoms with E-state index < -0.39 is 18.1 Å². The standard InChI is InChI=1S/C13H15NO6/c1-17-12(15)9(14-13(16)18-2)5-8-3-4-10-11(6-8)20-7-19-10/h3-4,6,9H,5,7H2,1-2H3,(H,14,16)/t9-/m0/s1. The molecule has 108 valence electrons. The summed E-state index contributed by atoms with van der Waals surface area (Å²) in [5.74, 6) is 0.724. The van der Waals surface area contributed by atoms with Crippen molar-refractivity contribution in [1.29, 1.82) is 0 Å². The van der Waals surface area contributed by atoms with E-state index in [2.05, 4.69) is 14.8 Å². The van der Waals surface area contributed by atoms with Gasteiger partial charge in [-0.2, -0.15) is 0 Å². The summed E-state index contributed by atoms with van der Waals surface area (Å²) in [7, 11) is 2.48. The SMILES string of the molecule is COC(=O)N[C@@H](Cc1ccc2c(c1)OCO2)C(=O)OC. The number of esters is 1. The van der Waals surface area contributed by atoms with Gasteiger partial charge < -0.3 is 24.3 Å². The number of amides is 1. The molecule has 0 aromatic heterocycles. The predicted molar refractivity (Wildman–Crippen MR) is 67.6 cm³/mol.